The summed E-state index contributed by atoms with van der Waals surface area (Å²) < 4.78 is 2.02. The number of rotatable bonds is 3. The summed E-state index contributed by atoms with van der Waals surface area (Å²) in [5, 5.41) is 9.39. The highest BCUT2D eigenvalue weighted by molar-refractivity contribution is 5.79. The number of nitrogens with zero attached hydrogens (tertiary/aromatic N) is 2. The number of benzene rings is 1. The first-order chi connectivity index (χ1) is 10.3. The molecule has 1 aliphatic carbocycles. The molecule has 0 fully saturated rings. The molecule has 108 valence electrons. The third-order valence-corrected chi connectivity index (χ3v) is 4.55. The number of aryl methyl sites for hydroxylation is 1. The molecule has 2 N–H and O–H groups in total. The molecule has 1 aromatic carbocycles. The first-order valence-electron chi connectivity index (χ1n) is 7.61. The maximum Gasteiger partial charge on any atom is 0.0540 e. The predicted octanol–water partition coefficient (Wildman–Crippen LogP) is 3.07. The number of aromatic nitrogens is 3. The summed E-state index contributed by atoms with van der Waals surface area (Å²) in [6.07, 6.45) is 7.61. The minimum Gasteiger partial charge on any atom is -0.361 e. The molecule has 0 bridgehead atoms. The minimum atomic E-state index is 0.435. The summed E-state index contributed by atoms with van der Waals surface area (Å²) in [5.41, 5.74) is 5.30. The Morgan fingerprint density at radius 3 is 3.29 bits per heavy atom. The Kier molecular flexibility index (Phi) is 3.04. The van der Waals surface area contributed by atoms with Crippen LogP contribution in [0.15, 0.2) is 36.7 Å². The molecule has 0 aliphatic heterocycles. The Morgan fingerprint density at radius 1 is 1.38 bits per heavy atom. The number of aromatic amines is 1. The lowest BCUT2D eigenvalue weighted by Crippen LogP contribution is -2.24. The van der Waals surface area contributed by atoms with Gasteiger partial charge in [-0.3, -0.25) is 4.68 Å². The Labute approximate surface area is 124 Å². The molecule has 0 amide bonds. The number of hydrogen-bond acceptors (Lipinski definition) is 2. The summed E-state index contributed by atoms with van der Waals surface area (Å²) in [4.78, 5) is 3.24. The van der Waals surface area contributed by atoms with Crippen molar-refractivity contribution in [3.63, 3.8) is 0 Å². The first kappa shape index (κ1) is 12.7. The lowest BCUT2D eigenvalue weighted by atomic mass is 9.93. The third-order valence-electron chi connectivity index (χ3n) is 4.55. The zero-order valence-electron chi connectivity index (χ0n) is 12.3. The number of nitrogens with one attached hydrogen (secondary N) is 2. The van der Waals surface area contributed by atoms with Crippen LogP contribution >= 0.6 is 0 Å². The van der Waals surface area contributed by atoms with Crippen LogP contribution in [0.2, 0.25) is 0 Å². The summed E-state index contributed by atoms with van der Waals surface area (Å²) in [6.45, 7) is 0.903. The van der Waals surface area contributed by atoms with Crippen LogP contribution < -0.4 is 5.32 Å². The Hall–Kier alpha value is -2.07. The molecule has 0 spiro atoms. The highest BCUT2D eigenvalue weighted by Gasteiger charge is 2.22. The maximum atomic E-state index is 4.41. The highest BCUT2D eigenvalue weighted by Crippen LogP contribution is 2.29. The molecule has 4 heteroatoms. The van der Waals surface area contributed by atoms with Crippen molar-refractivity contribution in [2.24, 2.45) is 7.05 Å². The molecule has 21 heavy (non-hydrogen) atoms. The standard InChI is InChI=1S/C17H20N4/c1-21-17-4-2-3-16(14(17)11-20-21)19-10-12-5-6-15-13(9-12)7-8-18-15/h5-9,11,16,18-19H,2-4,10H2,1H3. The molecule has 3 aromatic rings. The zero-order chi connectivity index (χ0) is 14.2. The maximum absolute atomic E-state index is 4.41. The first-order valence-corrected chi connectivity index (χ1v) is 7.61. The van der Waals surface area contributed by atoms with Crippen molar-refractivity contribution in [1.29, 1.82) is 0 Å². The van der Waals surface area contributed by atoms with Gasteiger partial charge in [0.2, 0.25) is 0 Å². The van der Waals surface area contributed by atoms with Crippen molar-refractivity contribution in [3.8, 4) is 0 Å². The van der Waals surface area contributed by atoms with E-state index >= 15 is 0 Å². The van der Waals surface area contributed by atoms with Gasteiger partial charge in [0.1, 0.15) is 0 Å². The molecule has 1 atom stereocenters. The molecule has 1 unspecified atom stereocenters. The van der Waals surface area contributed by atoms with Crippen LogP contribution in [0.4, 0.5) is 0 Å². The van der Waals surface area contributed by atoms with Gasteiger partial charge in [-0.2, -0.15) is 5.10 Å². The molecule has 0 radical (unpaired) electrons. The molecular formula is C17H20N4. The van der Waals surface area contributed by atoms with Gasteiger partial charge in [-0.25, -0.2) is 0 Å². The summed E-state index contributed by atoms with van der Waals surface area (Å²) >= 11 is 0. The SMILES string of the molecule is Cn1ncc2c1CCCC2NCc1ccc2[nH]ccc2c1. The van der Waals surface area contributed by atoms with Crippen molar-refractivity contribution in [2.45, 2.75) is 31.8 Å². The third kappa shape index (κ3) is 2.25. The van der Waals surface area contributed by atoms with E-state index in [0.717, 1.165) is 13.0 Å². The minimum absolute atomic E-state index is 0.435. The smallest absolute Gasteiger partial charge is 0.0540 e. The second-order valence-corrected chi connectivity index (χ2v) is 5.90. The van der Waals surface area contributed by atoms with E-state index in [1.54, 1.807) is 0 Å². The fourth-order valence-corrected chi connectivity index (χ4v) is 3.37. The average molecular weight is 280 g/mol. The number of hydrogen-bond donors (Lipinski definition) is 2. The molecule has 2 heterocycles. The van der Waals surface area contributed by atoms with Gasteiger partial charge < -0.3 is 10.3 Å². The van der Waals surface area contributed by atoms with Gasteiger partial charge in [0, 0.05) is 42.6 Å². The van der Waals surface area contributed by atoms with Crippen molar-refractivity contribution >= 4 is 10.9 Å². The zero-order valence-corrected chi connectivity index (χ0v) is 12.3. The van der Waals surface area contributed by atoms with E-state index in [0.29, 0.717) is 6.04 Å². The van der Waals surface area contributed by atoms with Gasteiger partial charge >= 0.3 is 0 Å². The van der Waals surface area contributed by atoms with Crippen LogP contribution in [-0.4, -0.2) is 14.8 Å². The normalized spacial score (nSPS) is 18.0. The second kappa shape index (κ2) is 5.04. The molecular weight excluding hydrogens is 260 g/mol. The van der Waals surface area contributed by atoms with Crippen molar-refractivity contribution in [2.75, 3.05) is 0 Å². The van der Waals surface area contributed by atoms with Crippen LogP contribution in [0.1, 0.15) is 35.7 Å². The van der Waals surface area contributed by atoms with E-state index in [-0.39, 0.29) is 0 Å². The Bertz CT molecular complexity index is 768. The Balaban J connectivity index is 1.52. The quantitative estimate of drug-likeness (QED) is 0.774. The largest absolute Gasteiger partial charge is 0.361 e. The number of fused-ring (bicyclic) bond motifs is 2. The molecule has 0 saturated heterocycles. The topological polar surface area (TPSA) is 45.6 Å². The van der Waals surface area contributed by atoms with Gasteiger partial charge in [-0.1, -0.05) is 6.07 Å². The lowest BCUT2D eigenvalue weighted by molar-refractivity contribution is 0.452. The summed E-state index contributed by atoms with van der Waals surface area (Å²) in [5.74, 6) is 0. The van der Waals surface area contributed by atoms with Crippen LogP contribution in [0.3, 0.4) is 0 Å². The van der Waals surface area contributed by atoms with Crippen molar-refractivity contribution in [3.05, 3.63) is 53.5 Å². The van der Waals surface area contributed by atoms with E-state index in [1.807, 2.05) is 24.1 Å². The van der Waals surface area contributed by atoms with Crippen LogP contribution in [0.5, 0.6) is 0 Å². The van der Waals surface area contributed by atoms with Gasteiger partial charge in [0.05, 0.1) is 6.20 Å². The van der Waals surface area contributed by atoms with Crippen molar-refractivity contribution in [1.82, 2.24) is 20.1 Å². The highest BCUT2D eigenvalue weighted by atomic mass is 15.3. The average Bonchev–Trinajstić information content (AvgIpc) is 3.12. The van der Waals surface area contributed by atoms with E-state index in [1.165, 1.54) is 40.6 Å². The fraction of sp³-hybridized carbons (Fsp3) is 0.353. The number of H-pyrrole nitrogens is 1. The van der Waals surface area contributed by atoms with E-state index < -0.39 is 0 Å². The van der Waals surface area contributed by atoms with E-state index in [9.17, 15) is 0 Å². The molecule has 2 aromatic heterocycles. The molecule has 0 saturated carbocycles. The molecule has 4 rings (SSSR count). The van der Waals surface area contributed by atoms with E-state index in [4.69, 9.17) is 0 Å². The van der Waals surface area contributed by atoms with Crippen LogP contribution in [0, 0.1) is 0 Å². The Morgan fingerprint density at radius 2 is 2.33 bits per heavy atom. The van der Waals surface area contributed by atoms with Crippen LogP contribution in [0.25, 0.3) is 10.9 Å². The molecule has 1 aliphatic rings. The monoisotopic (exact) mass is 280 g/mol. The fourth-order valence-electron chi connectivity index (χ4n) is 3.37. The summed E-state index contributed by atoms with van der Waals surface area (Å²) in [7, 11) is 2.04. The van der Waals surface area contributed by atoms with Gasteiger partial charge in [-0.05, 0) is 48.4 Å². The van der Waals surface area contributed by atoms with E-state index in [2.05, 4.69) is 39.7 Å². The molecule has 4 nitrogen and oxygen atoms in total. The van der Waals surface area contributed by atoms with Crippen molar-refractivity contribution < 1.29 is 0 Å². The lowest BCUT2D eigenvalue weighted by Gasteiger charge is -2.24. The summed E-state index contributed by atoms with van der Waals surface area (Å²) in [6, 6.07) is 9.16. The van der Waals surface area contributed by atoms with Gasteiger partial charge in [-0.15, -0.1) is 0 Å². The van der Waals surface area contributed by atoms with Gasteiger partial charge in [0.15, 0.2) is 0 Å². The second-order valence-electron chi connectivity index (χ2n) is 5.90. The predicted molar refractivity (Wildman–Crippen MR) is 84.0 cm³/mol. The van der Waals surface area contributed by atoms with Gasteiger partial charge in [0.25, 0.3) is 0 Å². The van der Waals surface area contributed by atoms with Crippen LogP contribution in [-0.2, 0) is 20.0 Å².